The van der Waals surface area contributed by atoms with E-state index in [0.717, 1.165) is 6.07 Å². The number of hydrogen-bond donors (Lipinski definition) is 0. The molecule has 0 fully saturated rings. The molecule has 0 unspecified atom stereocenters. The van der Waals surface area contributed by atoms with Crippen LogP contribution in [0.2, 0.25) is 0 Å². The summed E-state index contributed by atoms with van der Waals surface area (Å²) in [4.78, 5) is 21.9. The minimum Gasteiger partial charge on any atom is -0.481 e. The van der Waals surface area contributed by atoms with Gasteiger partial charge in [0.05, 0.1) is 17.8 Å². The standard InChI is InChI=1S/C21H17FN4O3/c1-14(21(27)26(2)20-13-24-9-10-25-20)28-16-4-6-17(7-5-16)29-19-8-3-15(12-23)11-18(19)22/h3-11,13-14H,1-2H3/t14-/m1/s1. The summed E-state index contributed by atoms with van der Waals surface area (Å²) >= 11 is 0. The van der Waals surface area contributed by atoms with Crippen LogP contribution in [0.3, 0.4) is 0 Å². The van der Waals surface area contributed by atoms with Gasteiger partial charge >= 0.3 is 0 Å². The fraction of sp³-hybridized carbons (Fsp3) is 0.143. The van der Waals surface area contributed by atoms with Crippen molar-refractivity contribution >= 4 is 11.7 Å². The summed E-state index contributed by atoms with van der Waals surface area (Å²) in [7, 11) is 1.59. The van der Waals surface area contributed by atoms with Gasteiger partial charge in [-0.15, -0.1) is 0 Å². The van der Waals surface area contributed by atoms with Gasteiger partial charge in [-0.1, -0.05) is 0 Å². The Morgan fingerprint density at radius 3 is 2.52 bits per heavy atom. The maximum atomic E-state index is 13.9. The van der Waals surface area contributed by atoms with Crippen molar-refractivity contribution in [2.24, 2.45) is 0 Å². The summed E-state index contributed by atoms with van der Waals surface area (Å²) < 4.78 is 25.1. The number of rotatable bonds is 6. The van der Waals surface area contributed by atoms with Gasteiger partial charge < -0.3 is 9.47 Å². The number of nitriles is 1. The van der Waals surface area contributed by atoms with Crippen LogP contribution in [-0.4, -0.2) is 29.0 Å². The van der Waals surface area contributed by atoms with Crippen molar-refractivity contribution in [1.82, 2.24) is 9.97 Å². The molecule has 29 heavy (non-hydrogen) atoms. The molecule has 3 rings (SSSR count). The number of benzene rings is 2. The van der Waals surface area contributed by atoms with Gasteiger partial charge in [-0.3, -0.25) is 14.7 Å². The van der Waals surface area contributed by atoms with E-state index in [1.807, 2.05) is 6.07 Å². The van der Waals surface area contributed by atoms with E-state index in [1.165, 1.54) is 35.6 Å². The summed E-state index contributed by atoms with van der Waals surface area (Å²) in [5, 5.41) is 8.78. The first-order valence-electron chi connectivity index (χ1n) is 8.65. The molecule has 146 valence electrons. The molecule has 1 amide bonds. The van der Waals surface area contributed by atoms with Gasteiger partial charge in [0.25, 0.3) is 5.91 Å². The Morgan fingerprint density at radius 1 is 1.17 bits per heavy atom. The zero-order chi connectivity index (χ0) is 20.8. The Bertz CT molecular complexity index is 1040. The van der Waals surface area contributed by atoms with Crippen molar-refractivity contribution in [3.8, 4) is 23.3 Å². The first-order valence-corrected chi connectivity index (χ1v) is 8.65. The highest BCUT2D eigenvalue weighted by atomic mass is 19.1. The van der Waals surface area contributed by atoms with Crippen LogP contribution < -0.4 is 14.4 Å². The minimum absolute atomic E-state index is 0.00631. The summed E-state index contributed by atoms with van der Waals surface area (Å²) in [6, 6.07) is 12.2. The second kappa shape index (κ2) is 8.80. The van der Waals surface area contributed by atoms with E-state index >= 15 is 0 Å². The molecule has 0 aliphatic carbocycles. The largest absolute Gasteiger partial charge is 0.481 e. The number of halogens is 1. The van der Waals surface area contributed by atoms with Crippen molar-refractivity contribution in [2.75, 3.05) is 11.9 Å². The fourth-order valence-electron chi connectivity index (χ4n) is 2.47. The number of anilines is 1. The molecule has 3 aromatic rings. The quantitative estimate of drug-likeness (QED) is 0.635. The SMILES string of the molecule is C[C@@H](Oc1ccc(Oc2ccc(C#N)cc2F)cc1)C(=O)N(C)c1cnccn1. The van der Waals surface area contributed by atoms with Crippen molar-refractivity contribution in [1.29, 1.82) is 5.26 Å². The smallest absolute Gasteiger partial charge is 0.268 e. The molecule has 0 saturated heterocycles. The van der Waals surface area contributed by atoms with Crippen LogP contribution in [0.15, 0.2) is 61.1 Å². The molecule has 0 aliphatic rings. The second-order valence-electron chi connectivity index (χ2n) is 6.05. The van der Waals surface area contributed by atoms with Crippen molar-refractivity contribution in [2.45, 2.75) is 13.0 Å². The Morgan fingerprint density at radius 2 is 1.90 bits per heavy atom. The van der Waals surface area contributed by atoms with Gasteiger partial charge in [0.2, 0.25) is 0 Å². The first-order chi connectivity index (χ1) is 14.0. The number of ether oxygens (including phenoxy) is 2. The molecular weight excluding hydrogens is 375 g/mol. The highest BCUT2D eigenvalue weighted by Crippen LogP contribution is 2.27. The molecule has 0 aliphatic heterocycles. The predicted molar refractivity (Wildman–Crippen MR) is 103 cm³/mol. The fourth-order valence-corrected chi connectivity index (χ4v) is 2.47. The molecule has 7 nitrogen and oxygen atoms in total. The Balaban J connectivity index is 1.63. The van der Waals surface area contributed by atoms with Crippen molar-refractivity contribution < 1.29 is 18.7 Å². The van der Waals surface area contributed by atoms with Crippen LogP contribution in [-0.2, 0) is 4.79 Å². The first kappa shape index (κ1) is 19.8. The number of hydrogen-bond acceptors (Lipinski definition) is 6. The third-order valence-electron chi connectivity index (χ3n) is 4.00. The molecule has 0 bridgehead atoms. The van der Waals surface area contributed by atoms with Crippen LogP contribution in [0.5, 0.6) is 17.2 Å². The zero-order valence-electron chi connectivity index (χ0n) is 15.7. The van der Waals surface area contributed by atoms with E-state index in [9.17, 15) is 9.18 Å². The average Bonchev–Trinajstić information content (AvgIpc) is 2.76. The minimum atomic E-state index is -0.759. The summed E-state index contributed by atoms with van der Waals surface area (Å²) in [6.45, 7) is 1.63. The molecule has 0 spiro atoms. The summed E-state index contributed by atoms with van der Waals surface area (Å²) in [5.74, 6) is 0.344. The lowest BCUT2D eigenvalue weighted by molar-refractivity contribution is -0.124. The van der Waals surface area contributed by atoms with Crippen molar-refractivity contribution in [3.05, 3.63) is 72.4 Å². The zero-order valence-corrected chi connectivity index (χ0v) is 15.7. The third kappa shape index (κ3) is 4.84. The van der Waals surface area contributed by atoms with E-state index in [-0.39, 0.29) is 17.2 Å². The lowest BCUT2D eigenvalue weighted by atomic mass is 10.2. The van der Waals surface area contributed by atoms with Gasteiger partial charge in [-0.2, -0.15) is 5.26 Å². The molecule has 8 heteroatoms. The number of amides is 1. The molecule has 1 aromatic heterocycles. The topological polar surface area (TPSA) is 88.3 Å². The monoisotopic (exact) mass is 392 g/mol. The van der Waals surface area contributed by atoms with E-state index in [4.69, 9.17) is 14.7 Å². The van der Waals surface area contributed by atoms with Crippen molar-refractivity contribution in [3.63, 3.8) is 0 Å². The van der Waals surface area contributed by atoms with Crippen LogP contribution in [0.4, 0.5) is 10.2 Å². The van der Waals surface area contributed by atoms with E-state index in [2.05, 4.69) is 9.97 Å². The van der Waals surface area contributed by atoms with Gasteiger partial charge in [0.1, 0.15) is 11.5 Å². The van der Waals surface area contributed by atoms with Gasteiger partial charge in [0, 0.05) is 19.4 Å². The maximum Gasteiger partial charge on any atom is 0.268 e. The number of carbonyl (C=O) groups is 1. The average molecular weight is 392 g/mol. The normalized spacial score (nSPS) is 11.2. The van der Waals surface area contributed by atoms with Gasteiger partial charge in [0.15, 0.2) is 23.5 Å². The number of likely N-dealkylation sites (N-methyl/N-ethyl adjacent to an activating group) is 1. The number of aromatic nitrogens is 2. The Labute approximate surface area is 167 Å². The van der Waals surface area contributed by atoms with E-state index in [0.29, 0.717) is 17.3 Å². The van der Waals surface area contributed by atoms with Gasteiger partial charge in [-0.05, 0) is 49.4 Å². The summed E-state index contributed by atoms with van der Waals surface area (Å²) in [5.41, 5.74) is 0.212. The Kier molecular flexibility index (Phi) is 6.00. The lowest BCUT2D eigenvalue weighted by Crippen LogP contribution is -2.38. The lowest BCUT2D eigenvalue weighted by Gasteiger charge is -2.21. The number of carbonyl (C=O) groups excluding carboxylic acids is 1. The molecular formula is C21H17FN4O3. The predicted octanol–water partition coefficient (Wildman–Crippen LogP) is 3.71. The Hall–Kier alpha value is -3.99. The molecule has 1 atom stereocenters. The molecule has 2 aromatic carbocycles. The number of nitrogens with zero attached hydrogens (tertiary/aromatic N) is 4. The van der Waals surface area contributed by atoms with Crippen LogP contribution in [0.25, 0.3) is 0 Å². The molecule has 0 saturated carbocycles. The molecule has 0 radical (unpaired) electrons. The van der Waals surface area contributed by atoms with E-state index < -0.39 is 11.9 Å². The molecule has 1 heterocycles. The second-order valence-corrected chi connectivity index (χ2v) is 6.05. The highest BCUT2D eigenvalue weighted by Gasteiger charge is 2.21. The third-order valence-corrected chi connectivity index (χ3v) is 4.00. The summed E-state index contributed by atoms with van der Waals surface area (Å²) in [6.07, 6.45) is 3.75. The van der Waals surface area contributed by atoms with Gasteiger partial charge in [-0.25, -0.2) is 9.37 Å². The maximum absolute atomic E-state index is 13.9. The highest BCUT2D eigenvalue weighted by molar-refractivity contribution is 5.95. The molecule has 0 N–H and O–H groups in total. The van der Waals surface area contributed by atoms with Crippen LogP contribution in [0.1, 0.15) is 12.5 Å². The van der Waals surface area contributed by atoms with E-state index in [1.54, 1.807) is 38.2 Å². The van der Waals surface area contributed by atoms with Crippen LogP contribution in [0, 0.1) is 17.1 Å². The van der Waals surface area contributed by atoms with Crippen LogP contribution >= 0.6 is 0 Å².